The van der Waals surface area contributed by atoms with Crippen LogP contribution in [0.15, 0.2) is 46.1 Å². The number of nitrogens with zero attached hydrogens (tertiary/aromatic N) is 1. The Morgan fingerprint density at radius 1 is 1.33 bits per heavy atom. The van der Waals surface area contributed by atoms with Gasteiger partial charge in [-0.15, -0.1) is 11.8 Å². The van der Waals surface area contributed by atoms with Gasteiger partial charge in [0.1, 0.15) is 11.6 Å². The number of hydrogen-bond donors (Lipinski definition) is 2. The van der Waals surface area contributed by atoms with Crippen molar-refractivity contribution in [1.82, 2.24) is 9.97 Å². The molecule has 0 saturated carbocycles. The van der Waals surface area contributed by atoms with E-state index in [-0.39, 0.29) is 5.56 Å². The summed E-state index contributed by atoms with van der Waals surface area (Å²) in [4.78, 5) is 19.3. The maximum atomic E-state index is 11.2. The van der Waals surface area contributed by atoms with Gasteiger partial charge in [-0.1, -0.05) is 18.2 Å². The van der Waals surface area contributed by atoms with Crippen LogP contribution in [-0.2, 0) is 0 Å². The van der Waals surface area contributed by atoms with Crippen LogP contribution >= 0.6 is 11.8 Å². The molecule has 4 nitrogen and oxygen atoms in total. The van der Waals surface area contributed by atoms with Crippen molar-refractivity contribution in [1.29, 1.82) is 0 Å². The molecule has 2 N–H and O–H groups in total. The average Bonchev–Trinajstić information content (AvgIpc) is 2.35. The van der Waals surface area contributed by atoms with Crippen LogP contribution in [0.5, 0.6) is 0 Å². The summed E-state index contributed by atoms with van der Waals surface area (Å²) in [6, 6.07) is 11.7. The molecule has 0 aliphatic heterocycles. The zero-order chi connectivity index (χ0) is 12.8. The Labute approximate surface area is 110 Å². The predicted octanol–water partition coefficient (Wildman–Crippen LogP) is 2.28. The molecular formula is C13H15N3OS. The van der Waals surface area contributed by atoms with Crippen molar-refractivity contribution in [2.75, 3.05) is 17.6 Å². The average molecular weight is 261 g/mol. The number of aryl methyl sites for hydroxylation is 1. The van der Waals surface area contributed by atoms with E-state index >= 15 is 0 Å². The molecule has 0 fully saturated rings. The second kappa shape index (κ2) is 6.26. The zero-order valence-corrected chi connectivity index (χ0v) is 11.0. The first kappa shape index (κ1) is 12.7. The maximum Gasteiger partial charge on any atom is 0.252 e. The van der Waals surface area contributed by atoms with Gasteiger partial charge in [-0.2, -0.15) is 0 Å². The Kier molecular flexibility index (Phi) is 4.41. The lowest BCUT2D eigenvalue weighted by atomic mass is 10.4. The van der Waals surface area contributed by atoms with Crippen molar-refractivity contribution in [3.63, 3.8) is 0 Å². The predicted molar refractivity (Wildman–Crippen MR) is 75.3 cm³/mol. The van der Waals surface area contributed by atoms with Crippen LogP contribution in [0, 0.1) is 6.92 Å². The fourth-order valence-electron chi connectivity index (χ4n) is 1.53. The molecule has 5 heteroatoms. The summed E-state index contributed by atoms with van der Waals surface area (Å²) >= 11 is 1.77. The number of aromatic amines is 1. The van der Waals surface area contributed by atoms with Crippen molar-refractivity contribution < 1.29 is 0 Å². The first-order valence-corrected chi connectivity index (χ1v) is 6.72. The number of nitrogens with one attached hydrogen (secondary N) is 2. The highest BCUT2D eigenvalue weighted by Gasteiger charge is 1.97. The number of rotatable bonds is 5. The summed E-state index contributed by atoms with van der Waals surface area (Å²) in [5.74, 6) is 2.18. The summed E-state index contributed by atoms with van der Waals surface area (Å²) in [6.07, 6.45) is 0. The molecule has 1 aromatic carbocycles. The molecule has 0 amide bonds. The van der Waals surface area contributed by atoms with Crippen LogP contribution in [0.1, 0.15) is 5.82 Å². The van der Waals surface area contributed by atoms with Gasteiger partial charge in [0, 0.05) is 23.3 Å². The van der Waals surface area contributed by atoms with Crippen molar-refractivity contribution >= 4 is 17.6 Å². The van der Waals surface area contributed by atoms with Crippen molar-refractivity contribution in [2.45, 2.75) is 11.8 Å². The molecule has 0 unspecified atom stereocenters. The molecule has 1 aromatic heterocycles. The van der Waals surface area contributed by atoms with E-state index in [9.17, 15) is 4.79 Å². The fraction of sp³-hybridized carbons (Fsp3) is 0.231. The van der Waals surface area contributed by atoms with Gasteiger partial charge in [0.15, 0.2) is 0 Å². The quantitative estimate of drug-likeness (QED) is 0.640. The standard InChI is InChI=1S/C13H15N3OS/c1-10-15-12(9-13(17)16-10)14-7-8-18-11-5-3-2-4-6-11/h2-6,9H,7-8H2,1H3,(H2,14,15,16,17). The van der Waals surface area contributed by atoms with Gasteiger partial charge in [0.25, 0.3) is 5.56 Å². The van der Waals surface area contributed by atoms with Gasteiger partial charge in [-0.05, 0) is 19.1 Å². The highest BCUT2D eigenvalue weighted by atomic mass is 32.2. The molecule has 0 saturated heterocycles. The molecule has 0 bridgehead atoms. The molecule has 0 aliphatic rings. The topological polar surface area (TPSA) is 57.8 Å². The van der Waals surface area contributed by atoms with E-state index in [4.69, 9.17) is 0 Å². The lowest BCUT2D eigenvalue weighted by Crippen LogP contribution is -2.13. The molecule has 2 aromatic rings. The van der Waals surface area contributed by atoms with Gasteiger partial charge < -0.3 is 10.3 Å². The Balaban J connectivity index is 1.80. The lowest BCUT2D eigenvalue weighted by molar-refractivity contribution is 1.01. The van der Waals surface area contributed by atoms with Crippen LogP contribution in [-0.4, -0.2) is 22.3 Å². The number of aromatic nitrogens is 2. The van der Waals surface area contributed by atoms with Crippen LogP contribution < -0.4 is 10.9 Å². The summed E-state index contributed by atoms with van der Waals surface area (Å²) in [5.41, 5.74) is -0.124. The maximum absolute atomic E-state index is 11.2. The number of hydrogen-bond acceptors (Lipinski definition) is 4. The minimum atomic E-state index is -0.124. The van der Waals surface area contributed by atoms with E-state index < -0.39 is 0 Å². The largest absolute Gasteiger partial charge is 0.369 e. The molecule has 1 heterocycles. The van der Waals surface area contributed by atoms with Crippen molar-refractivity contribution in [3.8, 4) is 0 Å². The minimum absolute atomic E-state index is 0.124. The normalized spacial score (nSPS) is 10.3. The van der Waals surface area contributed by atoms with Gasteiger partial charge in [-0.25, -0.2) is 4.98 Å². The second-order valence-electron chi connectivity index (χ2n) is 3.80. The first-order chi connectivity index (χ1) is 8.74. The second-order valence-corrected chi connectivity index (χ2v) is 4.97. The third-order valence-electron chi connectivity index (χ3n) is 2.28. The molecule has 94 valence electrons. The monoisotopic (exact) mass is 261 g/mol. The molecule has 0 spiro atoms. The highest BCUT2D eigenvalue weighted by molar-refractivity contribution is 7.99. The third kappa shape index (κ3) is 3.92. The van der Waals surface area contributed by atoms with Gasteiger partial charge >= 0.3 is 0 Å². The summed E-state index contributed by atoms with van der Waals surface area (Å²) in [7, 11) is 0. The Morgan fingerprint density at radius 3 is 2.83 bits per heavy atom. The van der Waals surface area contributed by atoms with E-state index in [0.717, 1.165) is 12.3 Å². The van der Waals surface area contributed by atoms with E-state index in [0.29, 0.717) is 11.6 Å². The molecule has 0 aliphatic carbocycles. The van der Waals surface area contributed by atoms with E-state index in [2.05, 4.69) is 27.4 Å². The van der Waals surface area contributed by atoms with Crippen LogP contribution in [0.25, 0.3) is 0 Å². The Bertz CT molecular complexity index is 554. The zero-order valence-electron chi connectivity index (χ0n) is 10.1. The Morgan fingerprint density at radius 2 is 2.11 bits per heavy atom. The summed E-state index contributed by atoms with van der Waals surface area (Å²) in [5, 5.41) is 3.14. The number of H-pyrrole nitrogens is 1. The molecule has 0 radical (unpaired) electrons. The fourth-order valence-corrected chi connectivity index (χ4v) is 2.32. The minimum Gasteiger partial charge on any atom is -0.369 e. The van der Waals surface area contributed by atoms with Gasteiger partial charge in [0.2, 0.25) is 0 Å². The highest BCUT2D eigenvalue weighted by Crippen LogP contribution is 2.16. The first-order valence-electron chi connectivity index (χ1n) is 5.74. The lowest BCUT2D eigenvalue weighted by Gasteiger charge is -2.05. The number of benzene rings is 1. The summed E-state index contributed by atoms with van der Waals surface area (Å²) < 4.78 is 0. The van der Waals surface area contributed by atoms with Crippen LogP contribution in [0.3, 0.4) is 0 Å². The summed E-state index contributed by atoms with van der Waals surface area (Å²) in [6.45, 7) is 2.54. The smallest absolute Gasteiger partial charge is 0.252 e. The van der Waals surface area contributed by atoms with E-state index in [1.165, 1.54) is 11.0 Å². The van der Waals surface area contributed by atoms with Crippen molar-refractivity contribution in [3.05, 3.63) is 52.6 Å². The molecule has 0 atom stereocenters. The molecular weight excluding hydrogens is 246 g/mol. The van der Waals surface area contributed by atoms with E-state index in [1.807, 2.05) is 18.2 Å². The van der Waals surface area contributed by atoms with Gasteiger partial charge in [0.05, 0.1) is 0 Å². The molecule has 18 heavy (non-hydrogen) atoms. The Hall–Kier alpha value is -1.75. The van der Waals surface area contributed by atoms with Gasteiger partial charge in [-0.3, -0.25) is 4.79 Å². The van der Waals surface area contributed by atoms with Crippen molar-refractivity contribution in [2.24, 2.45) is 0 Å². The SMILES string of the molecule is Cc1nc(NCCSc2ccccc2)cc(=O)[nH]1. The number of anilines is 1. The van der Waals surface area contributed by atoms with Crippen LogP contribution in [0.2, 0.25) is 0 Å². The van der Waals surface area contributed by atoms with Crippen LogP contribution in [0.4, 0.5) is 5.82 Å². The number of thioether (sulfide) groups is 1. The molecule has 2 rings (SSSR count). The van der Waals surface area contributed by atoms with E-state index in [1.54, 1.807) is 18.7 Å². The third-order valence-corrected chi connectivity index (χ3v) is 3.29.